The van der Waals surface area contributed by atoms with Gasteiger partial charge in [-0.2, -0.15) is 13.2 Å². The van der Waals surface area contributed by atoms with E-state index >= 15 is 0 Å². The second kappa shape index (κ2) is 6.71. The Hall–Kier alpha value is -1.87. The van der Waals surface area contributed by atoms with Crippen LogP contribution in [0.15, 0.2) is 12.3 Å². The fourth-order valence-corrected chi connectivity index (χ4v) is 2.50. The molecule has 9 heteroatoms. The fourth-order valence-electron chi connectivity index (χ4n) is 2.50. The number of amides is 2. The lowest BCUT2D eigenvalue weighted by molar-refractivity contribution is -0.141. The van der Waals surface area contributed by atoms with Crippen LogP contribution >= 0.6 is 0 Å². The number of aliphatic hydroxyl groups excluding tert-OH is 1. The lowest BCUT2D eigenvalue weighted by atomic mass is 10.2. The number of pyridine rings is 1. The van der Waals surface area contributed by atoms with Gasteiger partial charge in [0, 0.05) is 13.7 Å². The van der Waals surface area contributed by atoms with Gasteiger partial charge in [0.15, 0.2) is 0 Å². The molecule has 2 N–H and O–H groups in total. The minimum atomic E-state index is -4.53. The number of carbonyl (C=O) groups excluding carboxylic acids is 1. The van der Waals surface area contributed by atoms with Crippen LogP contribution in [0.2, 0.25) is 0 Å². The molecular weight excluding hydrogens is 315 g/mol. The highest BCUT2D eigenvalue weighted by atomic mass is 19.4. The summed E-state index contributed by atoms with van der Waals surface area (Å²) in [4.78, 5) is 17.0. The highest BCUT2D eigenvalue weighted by molar-refractivity contribution is 5.90. The topological polar surface area (TPSA) is 74.7 Å². The zero-order valence-corrected chi connectivity index (χ0v) is 12.7. The van der Waals surface area contributed by atoms with E-state index in [9.17, 15) is 23.1 Å². The molecule has 0 spiro atoms. The van der Waals surface area contributed by atoms with E-state index in [-0.39, 0.29) is 30.0 Å². The van der Waals surface area contributed by atoms with Gasteiger partial charge in [0.25, 0.3) is 0 Å². The second-order valence-electron chi connectivity index (χ2n) is 5.39. The molecule has 2 rings (SSSR count). The smallest absolute Gasteiger partial charge is 0.394 e. The Labute approximate surface area is 131 Å². The lowest BCUT2D eigenvalue weighted by Gasteiger charge is -2.23. The van der Waals surface area contributed by atoms with Crippen molar-refractivity contribution in [1.82, 2.24) is 9.88 Å². The summed E-state index contributed by atoms with van der Waals surface area (Å²) in [5.74, 6) is 0. The van der Waals surface area contributed by atoms with Crippen molar-refractivity contribution in [2.45, 2.75) is 31.7 Å². The number of aryl methyl sites for hydroxylation is 1. The molecule has 23 heavy (non-hydrogen) atoms. The number of nitrogens with one attached hydrogen (secondary N) is 1. The molecule has 1 aromatic heterocycles. The molecule has 0 aliphatic carbocycles. The zero-order valence-electron chi connectivity index (χ0n) is 12.7. The summed E-state index contributed by atoms with van der Waals surface area (Å²) in [5, 5.41) is 11.9. The van der Waals surface area contributed by atoms with Crippen LogP contribution in [0.5, 0.6) is 0 Å². The maximum absolute atomic E-state index is 12.6. The maximum Gasteiger partial charge on any atom is 0.433 e. The Bertz CT molecular complexity index is 580. The molecule has 0 bridgehead atoms. The molecule has 6 nitrogen and oxygen atoms in total. The second-order valence-corrected chi connectivity index (χ2v) is 5.39. The van der Waals surface area contributed by atoms with Gasteiger partial charge in [0.2, 0.25) is 0 Å². The number of aromatic nitrogens is 1. The number of anilines is 1. The van der Waals surface area contributed by atoms with Crippen molar-refractivity contribution in [3.8, 4) is 0 Å². The molecule has 2 atom stereocenters. The predicted octanol–water partition coefficient (Wildman–Crippen LogP) is 2.02. The van der Waals surface area contributed by atoms with Crippen LogP contribution < -0.4 is 5.32 Å². The molecule has 2 heterocycles. The van der Waals surface area contributed by atoms with Gasteiger partial charge in [-0.3, -0.25) is 0 Å². The first-order chi connectivity index (χ1) is 10.8. The van der Waals surface area contributed by atoms with E-state index in [1.165, 1.54) is 18.9 Å². The van der Waals surface area contributed by atoms with Crippen LogP contribution in [0.25, 0.3) is 0 Å². The van der Waals surface area contributed by atoms with Gasteiger partial charge in [-0.1, -0.05) is 0 Å². The highest BCUT2D eigenvalue weighted by Gasteiger charge is 2.36. The van der Waals surface area contributed by atoms with E-state index in [4.69, 9.17) is 4.74 Å². The number of aliphatic hydroxyl groups is 1. The van der Waals surface area contributed by atoms with Gasteiger partial charge in [-0.05, 0) is 25.0 Å². The summed E-state index contributed by atoms with van der Waals surface area (Å²) in [6.07, 6.45) is -3.22. The monoisotopic (exact) mass is 333 g/mol. The molecule has 128 valence electrons. The summed E-state index contributed by atoms with van der Waals surface area (Å²) in [5.41, 5.74) is -0.564. The summed E-state index contributed by atoms with van der Waals surface area (Å²) in [6, 6.07) is -0.0166. The van der Waals surface area contributed by atoms with Crippen LogP contribution in [0.1, 0.15) is 17.7 Å². The minimum Gasteiger partial charge on any atom is -0.394 e. The van der Waals surface area contributed by atoms with Crippen molar-refractivity contribution >= 4 is 11.7 Å². The number of likely N-dealkylation sites (tertiary alicyclic amines) is 1. The number of methoxy groups -OCH3 is 1. The molecule has 0 saturated carbocycles. The van der Waals surface area contributed by atoms with E-state index in [2.05, 4.69) is 10.3 Å². The average molecular weight is 333 g/mol. The third-order valence-corrected chi connectivity index (χ3v) is 3.82. The van der Waals surface area contributed by atoms with Gasteiger partial charge in [0.1, 0.15) is 5.69 Å². The number of ether oxygens (including phenoxy) is 1. The van der Waals surface area contributed by atoms with E-state index in [1.807, 2.05) is 0 Å². The number of halogens is 3. The third-order valence-electron chi connectivity index (χ3n) is 3.82. The molecule has 1 aliphatic rings. The number of nitrogens with zero attached hydrogens (tertiary/aromatic N) is 2. The van der Waals surface area contributed by atoms with Gasteiger partial charge >= 0.3 is 12.2 Å². The number of rotatable bonds is 3. The normalized spacial score (nSPS) is 21.6. The zero-order chi connectivity index (χ0) is 17.2. The van der Waals surface area contributed by atoms with Crippen molar-refractivity contribution in [2.75, 3.05) is 25.6 Å². The molecule has 2 amide bonds. The minimum absolute atomic E-state index is 0.176. The van der Waals surface area contributed by atoms with E-state index in [0.29, 0.717) is 13.0 Å². The van der Waals surface area contributed by atoms with E-state index < -0.39 is 17.9 Å². The summed E-state index contributed by atoms with van der Waals surface area (Å²) in [7, 11) is 1.52. The van der Waals surface area contributed by atoms with Crippen molar-refractivity contribution < 1.29 is 27.8 Å². The third kappa shape index (κ3) is 3.91. The van der Waals surface area contributed by atoms with Gasteiger partial charge in [-0.25, -0.2) is 9.78 Å². The largest absolute Gasteiger partial charge is 0.433 e. The molecule has 0 unspecified atom stereocenters. The van der Waals surface area contributed by atoms with Crippen LogP contribution in [-0.2, 0) is 10.9 Å². The Balaban J connectivity index is 2.11. The lowest BCUT2D eigenvalue weighted by Crippen LogP contribution is -2.41. The fraction of sp³-hybridized carbons (Fsp3) is 0.571. The molecule has 0 radical (unpaired) electrons. The quantitative estimate of drug-likeness (QED) is 0.887. The first kappa shape index (κ1) is 17.5. The SMILES string of the molecule is CO[C@H]1C[C@@H](CO)N(C(=O)Nc2cnc(C(F)(F)F)cc2C)C1. The van der Waals surface area contributed by atoms with Crippen LogP contribution in [0, 0.1) is 6.92 Å². The van der Waals surface area contributed by atoms with Crippen molar-refractivity contribution in [1.29, 1.82) is 0 Å². The van der Waals surface area contributed by atoms with Crippen molar-refractivity contribution in [3.63, 3.8) is 0 Å². The molecule has 1 fully saturated rings. The number of hydrogen-bond donors (Lipinski definition) is 2. The Morgan fingerprint density at radius 3 is 2.78 bits per heavy atom. The van der Waals surface area contributed by atoms with Crippen molar-refractivity contribution in [2.24, 2.45) is 0 Å². The standard InChI is InChI=1S/C14H18F3N3O3/c1-8-3-12(14(15,16)17)18-5-11(8)19-13(22)20-6-10(23-2)4-9(20)7-21/h3,5,9-10,21H,4,6-7H2,1-2H3,(H,19,22)/t9-,10-/m0/s1. The predicted molar refractivity (Wildman–Crippen MR) is 76.0 cm³/mol. The van der Waals surface area contributed by atoms with Gasteiger partial charge in [0.05, 0.1) is 30.6 Å². The molecular formula is C14H18F3N3O3. The van der Waals surface area contributed by atoms with Crippen LogP contribution in [-0.4, -0.2) is 53.4 Å². The Morgan fingerprint density at radius 1 is 1.57 bits per heavy atom. The molecule has 1 saturated heterocycles. The summed E-state index contributed by atoms with van der Waals surface area (Å²) < 4.78 is 42.9. The molecule has 1 aromatic rings. The van der Waals surface area contributed by atoms with E-state index in [1.54, 1.807) is 0 Å². The van der Waals surface area contributed by atoms with Gasteiger partial charge < -0.3 is 20.1 Å². The first-order valence-electron chi connectivity index (χ1n) is 7.01. The first-order valence-corrected chi connectivity index (χ1v) is 7.01. The summed E-state index contributed by atoms with van der Waals surface area (Å²) in [6.45, 7) is 1.55. The van der Waals surface area contributed by atoms with Crippen LogP contribution in [0.3, 0.4) is 0 Å². The van der Waals surface area contributed by atoms with Gasteiger partial charge in [-0.15, -0.1) is 0 Å². The average Bonchev–Trinajstić information content (AvgIpc) is 2.91. The number of carbonyl (C=O) groups is 1. The molecule has 1 aliphatic heterocycles. The van der Waals surface area contributed by atoms with Crippen molar-refractivity contribution in [3.05, 3.63) is 23.5 Å². The van der Waals surface area contributed by atoms with E-state index in [0.717, 1.165) is 12.3 Å². The number of hydrogen-bond acceptors (Lipinski definition) is 4. The highest BCUT2D eigenvalue weighted by Crippen LogP contribution is 2.30. The number of urea groups is 1. The van der Waals surface area contributed by atoms with Crippen LogP contribution in [0.4, 0.5) is 23.7 Å². The maximum atomic E-state index is 12.6. The Morgan fingerprint density at radius 2 is 2.26 bits per heavy atom. The number of alkyl halides is 3. The molecule has 0 aromatic carbocycles. The Kier molecular flexibility index (Phi) is 5.10. The summed E-state index contributed by atoms with van der Waals surface area (Å²) >= 11 is 0.